The summed E-state index contributed by atoms with van der Waals surface area (Å²) in [6.45, 7) is 0. The van der Waals surface area contributed by atoms with Gasteiger partial charge < -0.3 is 15.3 Å². The number of aliphatic hydroxyl groups is 3. The Labute approximate surface area is 61.7 Å². The molecule has 2 rings (SSSR count). The Hall–Kier alpha value is -0.450. The van der Waals surface area contributed by atoms with Crippen LogP contribution in [0.3, 0.4) is 0 Å². The van der Waals surface area contributed by atoms with Crippen molar-refractivity contribution in [3.63, 3.8) is 0 Å². The van der Waals surface area contributed by atoms with Crippen molar-refractivity contribution in [2.45, 2.75) is 9.87 Å². The summed E-state index contributed by atoms with van der Waals surface area (Å²) in [7, 11) is 0. The molecule has 0 saturated carbocycles. The Morgan fingerprint density at radius 3 is 2.50 bits per heavy atom. The molecule has 1 fully saturated rings. The molecule has 1 heterocycles. The maximum absolute atomic E-state index is 9.30. The van der Waals surface area contributed by atoms with Crippen molar-refractivity contribution in [3.05, 3.63) is 24.0 Å². The van der Waals surface area contributed by atoms with E-state index in [-0.39, 0.29) is 5.76 Å². The normalized spacial score (nSPS) is 50.0. The second kappa shape index (κ2) is 1.42. The number of rotatable bonds is 0. The molecule has 0 bridgehead atoms. The molecule has 2 aliphatic rings. The molecular weight excluding hydrogens is 152 g/mol. The highest BCUT2D eigenvalue weighted by atomic mass is 32.2. The van der Waals surface area contributed by atoms with Gasteiger partial charge >= 0.3 is 0 Å². The first-order chi connectivity index (χ1) is 4.56. The fourth-order valence-electron chi connectivity index (χ4n) is 0.945. The van der Waals surface area contributed by atoms with E-state index in [2.05, 4.69) is 0 Å². The van der Waals surface area contributed by atoms with Crippen molar-refractivity contribution in [3.8, 4) is 0 Å². The number of fused-ring (bicyclic) bond motifs is 1. The van der Waals surface area contributed by atoms with Gasteiger partial charge in [0.2, 0.25) is 0 Å². The Morgan fingerprint density at radius 1 is 1.30 bits per heavy atom. The fraction of sp³-hybridized carbons (Fsp3) is 0.333. The van der Waals surface area contributed by atoms with Gasteiger partial charge in [-0.1, -0.05) is 11.8 Å². The largest absolute Gasteiger partial charge is 0.508 e. The van der Waals surface area contributed by atoms with Crippen molar-refractivity contribution in [1.29, 1.82) is 0 Å². The first kappa shape index (κ1) is 6.27. The van der Waals surface area contributed by atoms with Gasteiger partial charge in [0.15, 0.2) is 9.87 Å². The van der Waals surface area contributed by atoms with Gasteiger partial charge in [-0.3, -0.25) is 0 Å². The molecule has 2 atom stereocenters. The average molecular weight is 158 g/mol. The van der Waals surface area contributed by atoms with Crippen LogP contribution in [0.2, 0.25) is 0 Å². The van der Waals surface area contributed by atoms with Crippen LogP contribution in [0.1, 0.15) is 0 Å². The molecule has 0 radical (unpaired) electrons. The summed E-state index contributed by atoms with van der Waals surface area (Å²) in [5, 5.41) is 27.5. The van der Waals surface area contributed by atoms with Gasteiger partial charge in [0.05, 0.1) is 0 Å². The number of aliphatic hydroxyl groups excluding tert-OH is 1. The molecule has 3 nitrogen and oxygen atoms in total. The molecule has 2 unspecified atom stereocenters. The topological polar surface area (TPSA) is 60.7 Å². The number of allylic oxidation sites excluding steroid dienone is 1. The summed E-state index contributed by atoms with van der Waals surface area (Å²) in [5.74, 6) is -0.00262. The van der Waals surface area contributed by atoms with Crippen LogP contribution in [0.5, 0.6) is 0 Å². The lowest BCUT2D eigenvalue weighted by Gasteiger charge is -2.09. The molecule has 1 saturated heterocycles. The summed E-state index contributed by atoms with van der Waals surface area (Å²) < 4.78 is 0. The molecule has 0 aromatic rings. The van der Waals surface area contributed by atoms with Gasteiger partial charge in [-0.2, -0.15) is 0 Å². The van der Waals surface area contributed by atoms with Crippen LogP contribution < -0.4 is 0 Å². The molecule has 0 aromatic carbocycles. The average Bonchev–Trinajstić information content (AvgIpc) is 2.33. The lowest BCUT2D eigenvalue weighted by molar-refractivity contribution is 0.0760. The van der Waals surface area contributed by atoms with Crippen molar-refractivity contribution < 1.29 is 15.3 Å². The van der Waals surface area contributed by atoms with Gasteiger partial charge in [0, 0.05) is 6.08 Å². The Bertz CT molecular complexity index is 247. The second-order valence-corrected chi connectivity index (χ2v) is 3.85. The molecule has 0 amide bonds. The third kappa shape index (κ3) is 0.584. The van der Waals surface area contributed by atoms with E-state index in [9.17, 15) is 10.2 Å². The number of hydrogen-bond acceptors (Lipinski definition) is 4. The molecule has 10 heavy (non-hydrogen) atoms. The van der Waals surface area contributed by atoms with E-state index in [1.54, 1.807) is 0 Å². The summed E-state index contributed by atoms with van der Waals surface area (Å²) >= 11 is 0.995. The van der Waals surface area contributed by atoms with Gasteiger partial charge in [-0.25, -0.2) is 0 Å². The fourth-order valence-corrected chi connectivity index (χ4v) is 1.81. The smallest absolute Gasteiger partial charge is 0.178 e. The highest BCUT2D eigenvalue weighted by Crippen LogP contribution is 2.63. The lowest BCUT2D eigenvalue weighted by atomic mass is 10.1. The van der Waals surface area contributed by atoms with Crippen LogP contribution in [0.4, 0.5) is 0 Å². The van der Waals surface area contributed by atoms with E-state index in [0.29, 0.717) is 0 Å². The van der Waals surface area contributed by atoms with E-state index in [1.165, 1.54) is 18.2 Å². The molecule has 0 aromatic heterocycles. The second-order valence-electron chi connectivity index (χ2n) is 2.40. The zero-order chi connectivity index (χ0) is 7.41. The van der Waals surface area contributed by atoms with E-state index in [1.807, 2.05) is 0 Å². The summed E-state index contributed by atoms with van der Waals surface area (Å²) in [4.78, 5) is -2.45. The van der Waals surface area contributed by atoms with Gasteiger partial charge in [-0.05, 0) is 12.2 Å². The summed E-state index contributed by atoms with van der Waals surface area (Å²) in [6, 6.07) is 0. The van der Waals surface area contributed by atoms with Gasteiger partial charge in [-0.15, -0.1) is 0 Å². The van der Waals surface area contributed by atoms with Crippen LogP contribution in [-0.4, -0.2) is 25.2 Å². The quantitative estimate of drug-likeness (QED) is 0.438. The standard InChI is InChI=1S/C6H6O3S/c7-4-1-2-5(8)6(9,3-4)10-5/h1-3,7-9H. The SMILES string of the molecule is OC1=CC2(O)SC2(O)C=C1. The molecular formula is C6H6O3S. The van der Waals surface area contributed by atoms with Gasteiger partial charge in [0.1, 0.15) is 5.76 Å². The van der Waals surface area contributed by atoms with Crippen molar-refractivity contribution >= 4 is 11.8 Å². The molecule has 54 valence electrons. The number of thioether (sulfide) groups is 1. The zero-order valence-corrected chi connectivity index (χ0v) is 5.80. The first-order valence-corrected chi connectivity index (χ1v) is 3.63. The molecule has 4 heteroatoms. The monoisotopic (exact) mass is 158 g/mol. The zero-order valence-electron chi connectivity index (χ0n) is 4.98. The van der Waals surface area contributed by atoms with Crippen molar-refractivity contribution in [2.75, 3.05) is 0 Å². The van der Waals surface area contributed by atoms with Crippen molar-refractivity contribution in [1.82, 2.24) is 0 Å². The van der Waals surface area contributed by atoms with E-state index in [4.69, 9.17) is 5.11 Å². The molecule has 0 spiro atoms. The van der Waals surface area contributed by atoms with Crippen LogP contribution in [0.25, 0.3) is 0 Å². The minimum Gasteiger partial charge on any atom is -0.508 e. The molecule has 1 aliphatic heterocycles. The van der Waals surface area contributed by atoms with Crippen LogP contribution in [-0.2, 0) is 0 Å². The van der Waals surface area contributed by atoms with Crippen molar-refractivity contribution in [2.24, 2.45) is 0 Å². The minimum absolute atomic E-state index is 0.00262. The highest BCUT2D eigenvalue weighted by molar-refractivity contribution is 8.09. The number of hydrogen-bond donors (Lipinski definition) is 3. The third-order valence-electron chi connectivity index (χ3n) is 1.61. The van der Waals surface area contributed by atoms with Crippen LogP contribution >= 0.6 is 11.8 Å². The third-order valence-corrected chi connectivity index (χ3v) is 2.90. The Morgan fingerprint density at radius 2 is 2.00 bits per heavy atom. The predicted octanol–water partition coefficient (Wildman–Crippen LogP) is 0.122. The lowest BCUT2D eigenvalue weighted by Crippen LogP contribution is -2.23. The predicted molar refractivity (Wildman–Crippen MR) is 37.3 cm³/mol. The summed E-state index contributed by atoms with van der Waals surface area (Å²) in [5.41, 5.74) is 0. The molecule has 1 aliphatic carbocycles. The van der Waals surface area contributed by atoms with Gasteiger partial charge in [0.25, 0.3) is 0 Å². The van der Waals surface area contributed by atoms with Crippen LogP contribution in [0.15, 0.2) is 24.0 Å². The maximum Gasteiger partial charge on any atom is 0.178 e. The summed E-state index contributed by atoms with van der Waals surface area (Å²) in [6.07, 6.45) is 3.99. The molecule has 3 N–H and O–H groups in total. The Balaban J connectivity index is 2.40. The highest BCUT2D eigenvalue weighted by Gasteiger charge is 2.67. The van der Waals surface area contributed by atoms with Crippen LogP contribution in [0, 0.1) is 0 Å². The van der Waals surface area contributed by atoms with E-state index >= 15 is 0 Å². The first-order valence-electron chi connectivity index (χ1n) is 2.82. The Kier molecular flexibility index (Phi) is 0.888. The minimum atomic E-state index is -1.27. The maximum atomic E-state index is 9.30. The van der Waals surface area contributed by atoms with E-state index < -0.39 is 9.87 Å². The van der Waals surface area contributed by atoms with E-state index in [0.717, 1.165) is 11.8 Å².